The van der Waals surface area contributed by atoms with Crippen molar-refractivity contribution in [3.63, 3.8) is 0 Å². The van der Waals surface area contributed by atoms with E-state index in [0.29, 0.717) is 11.6 Å². The number of nitro benzene ring substituents is 1. The Labute approximate surface area is 164 Å². The van der Waals surface area contributed by atoms with Crippen molar-refractivity contribution in [2.45, 2.75) is 19.3 Å². The smallest absolute Gasteiger partial charge is 0.270 e. The number of nitrogens with zero attached hydrogens (tertiary/aromatic N) is 3. The highest BCUT2D eigenvalue weighted by molar-refractivity contribution is 7.15. The molecule has 27 heavy (non-hydrogen) atoms. The Morgan fingerprint density at radius 3 is 2.70 bits per heavy atom. The van der Waals surface area contributed by atoms with E-state index in [4.69, 9.17) is 11.6 Å². The molecular formula is C18H15ClN4O3S. The Balaban J connectivity index is 1.70. The molecular weight excluding hydrogens is 388 g/mol. The third kappa shape index (κ3) is 4.66. The van der Waals surface area contributed by atoms with Gasteiger partial charge in [0.05, 0.1) is 15.5 Å². The van der Waals surface area contributed by atoms with Crippen molar-refractivity contribution >= 4 is 39.7 Å². The van der Waals surface area contributed by atoms with Gasteiger partial charge in [-0.1, -0.05) is 60.2 Å². The topological polar surface area (TPSA) is 98.0 Å². The van der Waals surface area contributed by atoms with Gasteiger partial charge in [-0.15, -0.1) is 10.2 Å². The van der Waals surface area contributed by atoms with Crippen LogP contribution < -0.4 is 5.32 Å². The monoisotopic (exact) mass is 402 g/mol. The molecule has 1 N–H and O–H groups in total. The second-order valence-corrected chi connectivity index (χ2v) is 7.36. The number of hydrogen-bond acceptors (Lipinski definition) is 6. The van der Waals surface area contributed by atoms with Crippen LogP contribution in [0.3, 0.4) is 0 Å². The van der Waals surface area contributed by atoms with Gasteiger partial charge in [0.25, 0.3) is 11.6 Å². The molecule has 7 nitrogen and oxygen atoms in total. The number of amides is 1. The fraction of sp³-hybridized carbons (Fsp3) is 0.167. The van der Waals surface area contributed by atoms with Crippen molar-refractivity contribution in [1.29, 1.82) is 0 Å². The third-order valence-corrected chi connectivity index (χ3v) is 5.13. The van der Waals surface area contributed by atoms with Gasteiger partial charge in [-0.25, -0.2) is 0 Å². The van der Waals surface area contributed by atoms with Gasteiger partial charge in [-0.2, -0.15) is 0 Å². The van der Waals surface area contributed by atoms with E-state index in [1.807, 2.05) is 18.2 Å². The molecule has 0 saturated carbocycles. The highest BCUT2D eigenvalue weighted by atomic mass is 35.5. The zero-order valence-electron chi connectivity index (χ0n) is 14.3. The Bertz CT molecular complexity index is 978. The van der Waals surface area contributed by atoms with Crippen LogP contribution in [0.2, 0.25) is 5.02 Å². The summed E-state index contributed by atoms with van der Waals surface area (Å²) in [6, 6.07) is 13.7. The first-order valence-electron chi connectivity index (χ1n) is 8.06. The number of aromatic nitrogens is 2. The van der Waals surface area contributed by atoms with E-state index in [-0.39, 0.29) is 22.2 Å². The highest BCUT2D eigenvalue weighted by Crippen LogP contribution is 2.26. The van der Waals surface area contributed by atoms with Crippen molar-refractivity contribution in [3.05, 3.63) is 79.8 Å². The van der Waals surface area contributed by atoms with E-state index in [1.165, 1.54) is 29.0 Å². The lowest BCUT2D eigenvalue weighted by molar-refractivity contribution is -0.384. The maximum atomic E-state index is 12.4. The lowest BCUT2D eigenvalue weighted by Crippen LogP contribution is -2.12. The van der Waals surface area contributed by atoms with Crippen LogP contribution >= 0.6 is 22.9 Å². The summed E-state index contributed by atoms with van der Waals surface area (Å²) in [4.78, 5) is 22.7. The summed E-state index contributed by atoms with van der Waals surface area (Å²) in [5.41, 5.74) is 1.00. The minimum Gasteiger partial charge on any atom is -0.296 e. The maximum absolute atomic E-state index is 12.4. The van der Waals surface area contributed by atoms with Crippen molar-refractivity contribution in [1.82, 2.24) is 10.2 Å². The molecule has 0 aliphatic heterocycles. The number of carbonyl (C=O) groups excluding carboxylic acids is 1. The molecule has 2 aromatic carbocycles. The Morgan fingerprint density at radius 1 is 1.26 bits per heavy atom. The summed E-state index contributed by atoms with van der Waals surface area (Å²) in [7, 11) is 0. The number of carbonyl (C=O) groups is 1. The van der Waals surface area contributed by atoms with Crippen molar-refractivity contribution in [2.24, 2.45) is 0 Å². The van der Waals surface area contributed by atoms with E-state index in [0.717, 1.165) is 11.1 Å². The molecule has 0 fully saturated rings. The van der Waals surface area contributed by atoms with E-state index >= 15 is 0 Å². The normalized spacial score (nSPS) is 11.8. The fourth-order valence-electron chi connectivity index (χ4n) is 2.51. The van der Waals surface area contributed by atoms with Crippen molar-refractivity contribution in [3.8, 4) is 0 Å². The van der Waals surface area contributed by atoms with Gasteiger partial charge in [0.2, 0.25) is 5.13 Å². The number of nitro groups is 1. The predicted molar refractivity (Wildman–Crippen MR) is 105 cm³/mol. The summed E-state index contributed by atoms with van der Waals surface area (Å²) in [6.45, 7) is 2.10. The molecule has 0 radical (unpaired) electrons. The largest absolute Gasteiger partial charge is 0.296 e. The van der Waals surface area contributed by atoms with E-state index in [9.17, 15) is 14.9 Å². The van der Waals surface area contributed by atoms with Crippen LogP contribution in [-0.2, 0) is 6.42 Å². The maximum Gasteiger partial charge on any atom is 0.270 e. The molecule has 0 aliphatic carbocycles. The third-order valence-electron chi connectivity index (χ3n) is 3.94. The van der Waals surface area contributed by atoms with Gasteiger partial charge in [-0.3, -0.25) is 20.2 Å². The van der Waals surface area contributed by atoms with Crippen LogP contribution in [0, 0.1) is 10.1 Å². The molecule has 1 amide bonds. The van der Waals surface area contributed by atoms with Crippen LogP contribution in [0.15, 0.2) is 48.5 Å². The van der Waals surface area contributed by atoms with Crippen molar-refractivity contribution < 1.29 is 9.72 Å². The summed E-state index contributed by atoms with van der Waals surface area (Å²) in [5, 5.41) is 22.8. The number of halogens is 1. The van der Waals surface area contributed by atoms with Gasteiger partial charge in [0.15, 0.2) is 0 Å². The fourth-order valence-corrected chi connectivity index (χ4v) is 3.58. The molecule has 1 heterocycles. The summed E-state index contributed by atoms with van der Waals surface area (Å²) >= 11 is 7.25. The van der Waals surface area contributed by atoms with Crippen LogP contribution in [0.25, 0.3) is 0 Å². The molecule has 0 saturated heterocycles. The summed E-state index contributed by atoms with van der Waals surface area (Å²) in [5.74, 6) is -0.309. The van der Waals surface area contributed by atoms with E-state index < -0.39 is 10.8 Å². The minimum atomic E-state index is -0.582. The molecule has 1 atom stereocenters. The average molecular weight is 403 g/mol. The zero-order valence-corrected chi connectivity index (χ0v) is 15.8. The molecule has 0 aliphatic rings. The molecule has 9 heteroatoms. The molecule has 3 rings (SSSR count). The first-order chi connectivity index (χ1) is 12.9. The first kappa shape index (κ1) is 18.9. The van der Waals surface area contributed by atoms with E-state index in [1.54, 1.807) is 0 Å². The van der Waals surface area contributed by atoms with Gasteiger partial charge in [-0.05, 0) is 17.5 Å². The standard InChI is InChI=1S/C18H15ClN4O3S/c1-11(12-5-3-2-4-6-12)9-16-21-22-18(27-16)20-17(24)14-10-13(23(25)26)7-8-15(14)19/h2-8,10-11H,9H2,1H3,(H,20,22,24)/t11-/m1/s1. The number of nitrogens with one attached hydrogen (secondary N) is 1. The van der Waals surface area contributed by atoms with Crippen LogP contribution in [-0.4, -0.2) is 21.0 Å². The molecule has 1 aromatic heterocycles. The lowest BCUT2D eigenvalue weighted by atomic mass is 9.98. The molecule has 138 valence electrons. The second kappa shape index (κ2) is 8.24. The second-order valence-electron chi connectivity index (χ2n) is 5.89. The first-order valence-corrected chi connectivity index (χ1v) is 9.26. The predicted octanol–water partition coefficient (Wildman–Crippen LogP) is 4.70. The Morgan fingerprint density at radius 2 is 2.00 bits per heavy atom. The number of benzene rings is 2. The quantitative estimate of drug-likeness (QED) is 0.476. The number of non-ortho nitro benzene ring substituents is 1. The minimum absolute atomic E-state index is 0.0141. The Hall–Kier alpha value is -2.84. The number of anilines is 1. The summed E-state index contributed by atoms with van der Waals surface area (Å²) < 4.78 is 0. The zero-order chi connectivity index (χ0) is 19.4. The number of hydrogen-bond donors (Lipinski definition) is 1. The average Bonchev–Trinajstić information content (AvgIpc) is 3.09. The van der Waals surface area contributed by atoms with Gasteiger partial charge < -0.3 is 0 Å². The van der Waals surface area contributed by atoms with E-state index in [2.05, 4.69) is 34.6 Å². The van der Waals surface area contributed by atoms with Gasteiger partial charge in [0, 0.05) is 18.6 Å². The molecule has 3 aromatic rings. The van der Waals surface area contributed by atoms with Crippen LogP contribution in [0.4, 0.5) is 10.8 Å². The van der Waals surface area contributed by atoms with Crippen molar-refractivity contribution in [2.75, 3.05) is 5.32 Å². The van der Waals surface area contributed by atoms with Crippen LogP contribution in [0.5, 0.6) is 0 Å². The SMILES string of the molecule is C[C@H](Cc1nnc(NC(=O)c2cc([N+](=O)[O-])ccc2Cl)s1)c1ccccc1. The van der Waals surface area contributed by atoms with Gasteiger partial charge in [0.1, 0.15) is 5.01 Å². The lowest BCUT2D eigenvalue weighted by Gasteiger charge is -2.08. The van der Waals surface area contributed by atoms with Gasteiger partial charge >= 0.3 is 0 Å². The van der Waals surface area contributed by atoms with Crippen LogP contribution in [0.1, 0.15) is 33.8 Å². The molecule has 0 spiro atoms. The number of rotatable bonds is 6. The summed E-state index contributed by atoms with van der Waals surface area (Å²) in [6.07, 6.45) is 0.690. The Kier molecular flexibility index (Phi) is 5.78. The molecule has 0 bridgehead atoms. The molecule has 0 unspecified atom stereocenters. The highest BCUT2D eigenvalue weighted by Gasteiger charge is 2.18.